The van der Waals surface area contributed by atoms with Crippen LogP contribution in [0.25, 0.3) is 12.2 Å². The molecule has 0 heterocycles. The van der Waals surface area contributed by atoms with E-state index in [1.807, 2.05) is 42.5 Å². The second kappa shape index (κ2) is 9.13. The molecule has 0 aliphatic rings. The summed E-state index contributed by atoms with van der Waals surface area (Å²) >= 11 is 5.95. The molecule has 0 radical (unpaired) electrons. The predicted molar refractivity (Wildman–Crippen MR) is 108 cm³/mol. The molecule has 3 aromatic carbocycles. The Bertz CT molecular complexity index is 942. The number of rotatable bonds is 6. The second-order valence-corrected chi connectivity index (χ2v) is 6.72. The summed E-state index contributed by atoms with van der Waals surface area (Å²) in [5, 5.41) is 0.0466. The van der Waals surface area contributed by atoms with E-state index in [9.17, 15) is 13.2 Å². The molecule has 0 aliphatic carbocycles. The third kappa shape index (κ3) is 5.75. The lowest BCUT2D eigenvalue weighted by molar-refractivity contribution is -0.137. The van der Waals surface area contributed by atoms with Gasteiger partial charge in [0.05, 0.1) is 5.56 Å². The van der Waals surface area contributed by atoms with Crippen molar-refractivity contribution in [3.8, 4) is 11.5 Å². The van der Waals surface area contributed by atoms with Crippen molar-refractivity contribution >= 4 is 32.8 Å². The van der Waals surface area contributed by atoms with Gasteiger partial charge in [-0.3, -0.25) is 0 Å². The van der Waals surface area contributed by atoms with Crippen LogP contribution in [0.15, 0.2) is 72.8 Å². The van der Waals surface area contributed by atoms with Gasteiger partial charge >= 0.3 is 6.18 Å². The average Bonchev–Trinajstić information content (AvgIpc) is 2.68. The topological polar surface area (TPSA) is 18.5 Å². The highest BCUT2D eigenvalue weighted by atomic mass is 35.5. The van der Waals surface area contributed by atoms with Crippen LogP contribution < -0.4 is 9.05 Å². The Hall–Kier alpha value is -2.49. The average molecular weight is 423 g/mol. The van der Waals surface area contributed by atoms with Crippen LogP contribution in [-0.4, -0.2) is 0 Å². The first kappa shape index (κ1) is 20.2. The zero-order valence-electron chi connectivity index (χ0n) is 14.4. The fourth-order valence-corrected chi connectivity index (χ4v) is 3.03. The van der Waals surface area contributed by atoms with E-state index in [0.717, 1.165) is 23.4 Å². The summed E-state index contributed by atoms with van der Waals surface area (Å²) in [6.45, 7) is 0. The highest BCUT2D eigenvalue weighted by Gasteiger charge is 2.30. The van der Waals surface area contributed by atoms with Crippen LogP contribution in [0, 0.1) is 0 Å². The van der Waals surface area contributed by atoms with Gasteiger partial charge in [-0.1, -0.05) is 60.2 Å². The first-order valence-corrected chi connectivity index (χ1v) is 9.40. The van der Waals surface area contributed by atoms with Gasteiger partial charge in [0.15, 0.2) is 0 Å². The van der Waals surface area contributed by atoms with Gasteiger partial charge in [0.2, 0.25) is 0 Å². The Morgan fingerprint density at radius 3 is 2.04 bits per heavy atom. The van der Waals surface area contributed by atoms with Crippen molar-refractivity contribution in [3.05, 3.63) is 94.5 Å². The zero-order chi connectivity index (χ0) is 20.0. The van der Waals surface area contributed by atoms with Gasteiger partial charge in [-0.2, -0.15) is 13.2 Å². The van der Waals surface area contributed by atoms with Crippen LogP contribution in [0.3, 0.4) is 0 Å². The molecule has 0 fully saturated rings. The van der Waals surface area contributed by atoms with Crippen LogP contribution >= 0.6 is 20.6 Å². The highest BCUT2D eigenvalue weighted by molar-refractivity contribution is 7.27. The maximum absolute atomic E-state index is 12.7. The smallest absolute Gasteiger partial charge is 0.416 e. The summed E-state index contributed by atoms with van der Waals surface area (Å²) < 4.78 is 49.1. The van der Waals surface area contributed by atoms with E-state index in [2.05, 4.69) is 0 Å². The summed E-state index contributed by atoms with van der Waals surface area (Å²) in [6.07, 6.45) is -0.980. The zero-order valence-corrected chi connectivity index (χ0v) is 16.2. The molecule has 0 amide bonds. The van der Waals surface area contributed by atoms with Crippen LogP contribution in [0.2, 0.25) is 5.02 Å². The van der Waals surface area contributed by atoms with Crippen molar-refractivity contribution in [1.29, 1.82) is 0 Å². The molecule has 0 spiro atoms. The molecule has 3 aromatic rings. The first-order chi connectivity index (χ1) is 13.4. The van der Waals surface area contributed by atoms with Gasteiger partial charge < -0.3 is 9.05 Å². The fourth-order valence-electron chi connectivity index (χ4n) is 2.28. The quantitative estimate of drug-likeness (QED) is 0.302. The summed E-state index contributed by atoms with van der Waals surface area (Å²) in [6, 6.07) is 19.9. The van der Waals surface area contributed by atoms with Crippen molar-refractivity contribution in [1.82, 2.24) is 0 Å². The molecule has 0 aliphatic heterocycles. The Morgan fingerprint density at radius 2 is 1.43 bits per heavy atom. The molecule has 28 heavy (non-hydrogen) atoms. The molecule has 0 saturated carbocycles. The van der Waals surface area contributed by atoms with Crippen molar-refractivity contribution in [2.24, 2.45) is 0 Å². The molecular weight excluding hydrogens is 408 g/mol. The third-order valence-electron chi connectivity index (χ3n) is 3.73. The minimum Gasteiger partial charge on any atom is -0.441 e. The summed E-state index contributed by atoms with van der Waals surface area (Å²) in [7, 11) is -0.173. The predicted octanol–water partition coefficient (Wildman–Crippen LogP) is 7.50. The minimum atomic E-state index is -4.41. The normalized spacial score (nSPS) is 12.0. The van der Waals surface area contributed by atoms with E-state index in [0.29, 0.717) is 11.3 Å². The lowest BCUT2D eigenvalue weighted by Gasteiger charge is -2.08. The Kier molecular flexibility index (Phi) is 6.61. The number of hydrogen-bond acceptors (Lipinski definition) is 2. The van der Waals surface area contributed by atoms with Gasteiger partial charge in [-0.15, -0.1) is 0 Å². The Labute approximate surface area is 167 Å². The van der Waals surface area contributed by atoms with E-state index in [1.54, 1.807) is 24.3 Å². The van der Waals surface area contributed by atoms with E-state index >= 15 is 0 Å². The number of halogens is 4. The summed E-state index contributed by atoms with van der Waals surface area (Å²) in [5.41, 5.74) is 0.595. The minimum absolute atomic E-state index is 0.0466. The largest absolute Gasteiger partial charge is 0.441 e. The molecule has 0 N–H and O–H groups in total. The maximum atomic E-state index is 12.7. The van der Waals surface area contributed by atoms with E-state index < -0.39 is 11.7 Å². The van der Waals surface area contributed by atoms with E-state index in [1.165, 1.54) is 6.07 Å². The van der Waals surface area contributed by atoms with Gasteiger partial charge in [0, 0.05) is 5.02 Å². The van der Waals surface area contributed by atoms with Crippen LogP contribution in [0.1, 0.15) is 16.7 Å². The fraction of sp³-hybridized carbons (Fsp3) is 0.0476. The summed E-state index contributed by atoms with van der Waals surface area (Å²) in [5.74, 6) is 1.38. The van der Waals surface area contributed by atoms with Crippen molar-refractivity contribution in [2.45, 2.75) is 6.18 Å². The lowest BCUT2D eigenvalue weighted by atomic mass is 10.1. The molecule has 2 nitrogen and oxygen atoms in total. The number of benzene rings is 3. The van der Waals surface area contributed by atoms with Crippen molar-refractivity contribution in [3.63, 3.8) is 0 Å². The molecule has 1 unspecified atom stereocenters. The Balaban J connectivity index is 1.58. The lowest BCUT2D eigenvalue weighted by Crippen LogP contribution is -2.04. The van der Waals surface area contributed by atoms with Crippen LogP contribution in [0.5, 0.6) is 11.5 Å². The van der Waals surface area contributed by atoms with Crippen molar-refractivity contribution < 1.29 is 22.2 Å². The maximum Gasteiger partial charge on any atom is 0.416 e. The van der Waals surface area contributed by atoms with Gasteiger partial charge in [0.25, 0.3) is 9.03 Å². The summed E-state index contributed by atoms with van der Waals surface area (Å²) in [4.78, 5) is 0. The molecule has 0 aromatic heterocycles. The molecular formula is C21H15ClF3O2P. The number of alkyl halides is 3. The SMILES string of the molecule is FC(F)(F)c1ccc(/C=C/c2ccc(OPOc3ccccc3)cc2)c(Cl)c1. The van der Waals surface area contributed by atoms with E-state index in [4.69, 9.17) is 20.6 Å². The third-order valence-corrected chi connectivity index (χ3v) is 4.69. The standard InChI is InChI=1S/C21H15ClF3O2P/c22-20-14-17(21(23,24)25)11-10-16(20)9-6-15-7-12-19(13-8-15)27-28-26-18-4-2-1-3-5-18/h1-14,28H/b9-6+. The highest BCUT2D eigenvalue weighted by Crippen LogP contribution is 2.32. The van der Waals surface area contributed by atoms with Gasteiger partial charge in [0.1, 0.15) is 11.5 Å². The monoisotopic (exact) mass is 422 g/mol. The van der Waals surface area contributed by atoms with Gasteiger partial charge in [-0.05, 0) is 47.5 Å². The first-order valence-electron chi connectivity index (χ1n) is 8.20. The number of para-hydroxylation sites is 1. The molecule has 7 heteroatoms. The molecule has 3 rings (SSSR count). The second-order valence-electron chi connectivity index (χ2n) is 5.74. The van der Waals surface area contributed by atoms with Gasteiger partial charge in [-0.25, -0.2) is 0 Å². The molecule has 144 valence electrons. The van der Waals surface area contributed by atoms with Crippen molar-refractivity contribution in [2.75, 3.05) is 0 Å². The molecule has 1 atom stereocenters. The number of hydrogen-bond donors (Lipinski definition) is 0. The van der Waals surface area contributed by atoms with Crippen LogP contribution in [-0.2, 0) is 6.18 Å². The van der Waals surface area contributed by atoms with E-state index in [-0.39, 0.29) is 14.1 Å². The molecule has 0 bridgehead atoms. The van der Waals surface area contributed by atoms with Crippen LogP contribution in [0.4, 0.5) is 13.2 Å². The molecule has 0 saturated heterocycles. The Morgan fingerprint density at radius 1 is 0.786 bits per heavy atom.